The van der Waals surface area contributed by atoms with Crippen molar-refractivity contribution in [2.75, 3.05) is 11.9 Å². The SMILES string of the molecule is O=C(CN1C(=O)[C@@H]2[C@H](C1=O)[C@H]1C=C[C@@H]2C1)Nc1ccc2cc3ccccc3cc2c1. The third-order valence-corrected chi connectivity index (χ3v) is 6.85. The minimum absolute atomic E-state index is 0.153. The molecule has 3 aliphatic rings. The maximum absolute atomic E-state index is 12.8. The molecule has 1 aliphatic heterocycles. The normalized spacial score (nSPS) is 26.7. The molecule has 3 amide bonds. The van der Waals surface area contributed by atoms with Crippen LogP contribution in [-0.2, 0) is 14.4 Å². The van der Waals surface area contributed by atoms with Crippen molar-refractivity contribution in [2.45, 2.75) is 6.42 Å². The molecule has 4 atom stereocenters. The fourth-order valence-corrected chi connectivity index (χ4v) is 5.48. The van der Waals surface area contributed by atoms with Crippen molar-refractivity contribution < 1.29 is 14.4 Å². The van der Waals surface area contributed by atoms with Crippen molar-refractivity contribution in [3.05, 3.63) is 66.7 Å². The molecule has 30 heavy (non-hydrogen) atoms. The van der Waals surface area contributed by atoms with E-state index in [4.69, 9.17) is 0 Å². The summed E-state index contributed by atoms with van der Waals surface area (Å²) in [7, 11) is 0. The summed E-state index contributed by atoms with van der Waals surface area (Å²) in [5.41, 5.74) is 0.656. The third kappa shape index (κ3) is 2.51. The first-order chi connectivity index (χ1) is 14.6. The van der Waals surface area contributed by atoms with Crippen LogP contribution >= 0.6 is 0 Å². The predicted molar refractivity (Wildman–Crippen MR) is 115 cm³/mol. The number of hydrogen-bond acceptors (Lipinski definition) is 3. The first kappa shape index (κ1) is 17.4. The van der Waals surface area contributed by atoms with Gasteiger partial charge in [0.1, 0.15) is 6.54 Å². The maximum atomic E-state index is 12.8. The number of carbonyl (C=O) groups excluding carboxylic acids is 3. The van der Waals surface area contributed by atoms with Crippen LogP contribution < -0.4 is 5.32 Å². The number of nitrogens with one attached hydrogen (secondary N) is 1. The Kier molecular flexibility index (Phi) is 3.63. The summed E-state index contributed by atoms with van der Waals surface area (Å²) in [6.45, 7) is -0.222. The van der Waals surface area contributed by atoms with Crippen LogP contribution in [0.5, 0.6) is 0 Å². The van der Waals surface area contributed by atoms with Crippen molar-refractivity contribution in [3.8, 4) is 0 Å². The number of nitrogens with zero attached hydrogens (tertiary/aromatic N) is 1. The van der Waals surface area contributed by atoms with Gasteiger partial charge in [-0.2, -0.15) is 0 Å². The van der Waals surface area contributed by atoms with Gasteiger partial charge in [0.15, 0.2) is 0 Å². The molecule has 6 rings (SSSR count). The highest BCUT2D eigenvalue weighted by Gasteiger charge is 2.59. The first-order valence-electron chi connectivity index (χ1n) is 10.3. The molecule has 2 fully saturated rings. The van der Waals surface area contributed by atoms with Gasteiger partial charge in [0.2, 0.25) is 17.7 Å². The Morgan fingerprint density at radius 2 is 1.43 bits per heavy atom. The van der Waals surface area contributed by atoms with E-state index in [1.807, 2.05) is 30.3 Å². The Bertz CT molecular complexity index is 1250. The van der Waals surface area contributed by atoms with Gasteiger partial charge in [0, 0.05) is 5.69 Å². The van der Waals surface area contributed by atoms with Crippen molar-refractivity contribution in [2.24, 2.45) is 23.7 Å². The average Bonchev–Trinajstić information content (AvgIpc) is 3.42. The number of allylic oxidation sites excluding steroid dienone is 2. The molecule has 1 N–H and O–H groups in total. The summed E-state index contributed by atoms with van der Waals surface area (Å²) in [6.07, 6.45) is 5.00. The minimum atomic E-state index is -0.350. The highest BCUT2D eigenvalue weighted by atomic mass is 16.2. The van der Waals surface area contributed by atoms with Crippen molar-refractivity contribution in [3.63, 3.8) is 0 Å². The summed E-state index contributed by atoms with van der Waals surface area (Å²) < 4.78 is 0. The molecule has 3 aromatic rings. The molecule has 2 aliphatic carbocycles. The number of anilines is 1. The molecule has 0 radical (unpaired) electrons. The molecule has 148 valence electrons. The van der Waals surface area contributed by atoms with Gasteiger partial charge in [-0.05, 0) is 64.1 Å². The Morgan fingerprint density at radius 3 is 2.10 bits per heavy atom. The molecule has 5 heteroatoms. The zero-order valence-corrected chi connectivity index (χ0v) is 16.2. The van der Waals surface area contributed by atoms with Gasteiger partial charge in [0.05, 0.1) is 11.8 Å². The molecule has 1 saturated heterocycles. The largest absolute Gasteiger partial charge is 0.325 e. The molecule has 1 heterocycles. The number of hydrogen-bond donors (Lipinski definition) is 1. The van der Waals surface area contributed by atoms with Crippen LogP contribution in [-0.4, -0.2) is 29.2 Å². The zero-order chi connectivity index (χ0) is 20.4. The van der Waals surface area contributed by atoms with E-state index in [9.17, 15) is 14.4 Å². The highest BCUT2D eigenvalue weighted by molar-refractivity contribution is 6.10. The van der Waals surface area contributed by atoms with Gasteiger partial charge in [-0.15, -0.1) is 0 Å². The lowest BCUT2D eigenvalue weighted by atomic mass is 9.85. The molecular weight excluding hydrogens is 376 g/mol. The second-order valence-corrected chi connectivity index (χ2v) is 8.57. The molecule has 0 unspecified atom stereocenters. The van der Waals surface area contributed by atoms with E-state index in [1.54, 1.807) is 0 Å². The molecule has 3 aromatic carbocycles. The van der Waals surface area contributed by atoms with Crippen LogP contribution in [0, 0.1) is 23.7 Å². The van der Waals surface area contributed by atoms with Gasteiger partial charge in [-0.25, -0.2) is 0 Å². The summed E-state index contributed by atoms with van der Waals surface area (Å²) in [4.78, 5) is 39.3. The van der Waals surface area contributed by atoms with E-state index in [0.29, 0.717) is 5.69 Å². The van der Waals surface area contributed by atoms with Crippen molar-refractivity contribution >= 4 is 45.0 Å². The smallest absolute Gasteiger partial charge is 0.244 e. The van der Waals surface area contributed by atoms with Crippen molar-refractivity contribution in [1.82, 2.24) is 4.90 Å². The minimum Gasteiger partial charge on any atom is -0.325 e. The number of amides is 3. The summed E-state index contributed by atoms with van der Waals surface area (Å²) in [5, 5.41) is 7.27. The third-order valence-electron chi connectivity index (χ3n) is 6.85. The van der Waals surface area contributed by atoms with Crippen LogP contribution in [0.25, 0.3) is 21.5 Å². The first-order valence-corrected chi connectivity index (χ1v) is 10.3. The predicted octanol–water partition coefficient (Wildman–Crippen LogP) is 3.74. The molecule has 5 nitrogen and oxygen atoms in total. The Balaban J connectivity index is 1.21. The van der Waals surface area contributed by atoms with E-state index in [2.05, 4.69) is 41.7 Å². The van der Waals surface area contributed by atoms with Crippen LogP contribution in [0.3, 0.4) is 0 Å². The van der Waals surface area contributed by atoms with Gasteiger partial charge in [-0.1, -0.05) is 42.5 Å². The van der Waals surface area contributed by atoms with Gasteiger partial charge >= 0.3 is 0 Å². The molecule has 1 saturated carbocycles. The maximum Gasteiger partial charge on any atom is 0.244 e. The number of benzene rings is 3. The Morgan fingerprint density at radius 1 is 0.833 bits per heavy atom. The monoisotopic (exact) mass is 396 g/mol. The number of fused-ring (bicyclic) bond motifs is 7. The topological polar surface area (TPSA) is 66.5 Å². The van der Waals surface area contributed by atoms with E-state index in [-0.39, 0.29) is 47.9 Å². The fraction of sp³-hybridized carbons (Fsp3) is 0.240. The number of likely N-dealkylation sites (tertiary alicyclic amines) is 1. The summed E-state index contributed by atoms with van der Waals surface area (Å²) in [5.74, 6) is -0.968. The molecule has 0 spiro atoms. The number of carbonyl (C=O) groups is 3. The Hall–Kier alpha value is -3.47. The molecule has 0 aromatic heterocycles. The second-order valence-electron chi connectivity index (χ2n) is 8.57. The van der Waals surface area contributed by atoms with Crippen LogP contribution in [0.15, 0.2) is 66.7 Å². The van der Waals surface area contributed by atoms with Gasteiger partial charge in [-0.3, -0.25) is 19.3 Å². The van der Waals surface area contributed by atoms with E-state index in [1.165, 1.54) is 5.39 Å². The lowest BCUT2D eigenvalue weighted by Crippen LogP contribution is -2.39. The van der Waals surface area contributed by atoms with E-state index in [0.717, 1.165) is 27.5 Å². The lowest BCUT2D eigenvalue weighted by molar-refractivity contribution is -0.143. The lowest BCUT2D eigenvalue weighted by Gasteiger charge is -2.17. The molecular formula is C25H20N2O3. The fourth-order valence-electron chi connectivity index (χ4n) is 5.48. The van der Waals surface area contributed by atoms with Crippen LogP contribution in [0.4, 0.5) is 5.69 Å². The van der Waals surface area contributed by atoms with E-state index < -0.39 is 0 Å². The van der Waals surface area contributed by atoms with Crippen LogP contribution in [0.1, 0.15) is 6.42 Å². The summed E-state index contributed by atoms with van der Waals surface area (Å²) >= 11 is 0. The quantitative estimate of drug-likeness (QED) is 0.417. The Labute approximate surface area is 173 Å². The zero-order valence-electron chi connectivity index (χ0n) is 16.2. The van der Waals surface area contributed by atoms with Gasteiger partial charge in [0.25, 0.3) is 0 Å². The van der Waals surface area contributed by atoms with Crippen LogP contribution in [0.2, 0.25) is 0 Å². The number of imide groups is 1. The van der Waals surface area contributed by atoms with E-state index >= 15 is 0 Å². The molecule has 2 bridgehead atoms. The highest BCUT2D eigenvalue weighted by Crippen LogP contribution is 2.52. The standard InChI is InChI=1S/C25H20N2O3/c28-21(13-27-24(29)22-17-5-6-18(11-17)23(22)25(27)30)26-20-8-7-16-9-14-3-1-2-4-15(14)10-19(16)12-20/h1-10,12,17-18,22-23H,11,13H2,(H,26,28)/t17-,18+,22+,23-. The van der Waals surface area contributed by atoms with Gasteiger partial charge < -0.3 is 5.32 Å². The summed E-state index contributed by atoms with van der Waals surface area (Å²) in [6, 6.07) is 18.1. The average molecular weight is 396 g/mol. The van der Waals surface area contributed by atoms with Crippen molar-refractivity contribution in [1.29, 1.82) is 0 Å². The number of rotatable bonds is 3. The second kappa shape index (κ2) is 6.26.